The second-order valence-electron chi connectivity index (χ2n) is 7.33. The van der Waals surface area contributed by atoms with Gasteiger partial charge in [-0.05, 0) is 23.3 Å². The molecule has 1 saturated heterocycles. The molecule has 2 nitrogen and oxygen atoms in total. The Labute approximate surface area is 172 Å². The van der Waals surface area contributed by atoms with Crippen LogP contribution in [0.5, 0.6) is 0 Å². The molecule has 0 aromatic heterocycles. The van der Waals surface area contributed by atoms with Crippen LogP contribution in [0.3, 0.4) is 0 Å². The normalized spacial score (nSPS) is 21.2. The molecule has 1 fully saturated rings. The highest BCUT2D eigenvalue weighted by molar-refractivity contribution is 5.53. The largest absolute Gasteiger partial charge is 0.344 e. The van der Waals surface area contributed by atoms with E-state index in [2.05, 4.69) is 126 Å². The molecule has 4 aromatic carbocycles. The summed E-state index contributed by atoms with van der Waals surface area (Å²) in [5.74, 6) is 0. The molecular formula is C27H23NO. The summed E-state index contributed by atoms with van der Waals surface area (Å²) in [6.45, 7) is 0. The molecule has 0 radical (unpaired) electrons. The topological polar surface area (TPSA) is 12.5 Å². The molecule has 0 aliphatic carbocycles. The lowest BCUT2D eigenvalue weighted by Crippen LogP contribution is -2.27. The van der Waals surface area contributed by atoms with Gasteiger partial charge < -0.3 is 9.64 Å². The van der Waals surface area contributed by atoms with Gasteiger partial charge in [0.05, 0.1) is 6.04 Å². The zero-order chi connectivity index (χ0) is 19.5. The fourth-order valence-corrected chi connectivity index (χ4v) is 4.21. The monoisotopic (exact) mass is 377 g/mol. The first-order valence-electron chi connectivity index (χ1n) is 10.1. The third kappa shape index (κ3) is 3.43. The van der Waals surface area contributed by atoms with Crippen LogP contribution in [0, 0.1) is 0 Å². The van der Waals surface area contributed by atoms with E-state index < -0.39 is 0 Å². The smallest absolute Gasteiger partial charge is 0.158 e. The van der Waals surface area contributed by atoms with Gasteiger partial charge in [0, 0.05) is 11.3 Å². The lowest BCUT2D eigenvalue weighted by atomic mass is 9.95. The lowest BCUT2D eigenvalue weighted by molar-refractivity contribution is 0.0404. The van der Waals surface area contributed by atoms with Crippen LogP contribution < -0.4 is 4.90 Å². The van der Waals surface area contributed by atoms with Crippen molar-refractivity contribution in [1.82, 2.24) is 0 Å². The van der Waals surface area contributed by atoms with Crippen LogP contribution in [0.1, 0.15) is 35.1 Å². The fourth-order valence-electron chi connectivity index (χ4n) is 4.21. The van der Waals surface area contributed by atoms with Gasteiger partial charge in [-0.3, -0.25) is 0 Å². The first-order valence-corrected chi connectivity index (χ1v) is 10.1. The number of anilines is 1. The number of ether oxygens (including phenoxy) is 1. The maximum atomic E-state index is 6.79. The summed E-state index contributed by atoms with van der Waals surface area (Å²) in [7, 11) is 0. The van der Waals surface area contributed by atoms with Gasteiger partial charge in [0.2, 0.25) is 0 Å². The number of hydrogen-bond donors (Lipinski definition) is 0. The van der Waals surface area contributed by atoms with Crippen molar-refractivity contribution < 1.29 is 4.74 Å². The predicted molar refractivity (Wildman–Crippen MR) is 118 cm³/mol. The summed E-state index contributed by atoms with van der Waals surface area (Å²) >= 11 is 0. The molecule has 1 aliphatic rings. The van der Waals surface area contributed by atoms with Gasteiger partial charge in [0.25, 0.3) is 0 Å². The number of hydrogen-bond acceptors (Lipinski definition) is 2. The molecule has 4 aromatic rings. The van der Waals surface area contributed by atoms with E-state index in [1.54, 1.807) is 0 Å². The Morgan fingerprint density at radius 3 is 1.48 bits per heavy atom. The van der Waals surface area contributed by atoms with Crippen molar-refractivity contribution in [2.45, 2.75) is 18.4 Å². The molecule has 142 valence electrons. The minimum atomic E-state index is -0.158. The molecule has 1 heterocycles. The second-order valence-corrected chi connectivity index (χ2v) is 7.33. The number of rotatable bonds is 4. The van der Waals surface area contributed by atoms with Crippen molar-refractivity contribution >= 4 is 5.69 Å². The van der Waals surface area contributed by atoms with E-state index in [9.17, 15) is 0 Å². The van der Waals surface area contributed by atoms with Crippen LogP contribution in [-0.4, -0.2) is 0 Å². The first kappa shape index (κ1) is 17.7. The predicted octanol–water partition coefficient (Wildman–Crippen LogP) is 6.70. The summed E-state index contributed by atoms with van der Waals surface area (Å²) in [6, 6.07) is 42.4. The van der Waals surface area contributed by atoms with Gasteiger partial charge in [0.1, 0.15) is 6.10 Å². The first-order chi connectivity index (χ1) is 14.4. The zero-order valence-electron chi connectivity index (χ0n) is 16.1. The van der Waals surface area contributed by atoms with Crippen LogP contribution in [-0.2, 0) is 4.74 Å². The Kier molecular flexibility index (Phi) is 4.85. The molecule has 3 atom stereocenters. The average molecular weight is 377 g/mol. The van der Waals surface area contributed by atoms with Gasteiger partial charge in [0.15, 0.2) is 6.23 Å². The van der Waals surface area contributed by atoms with E-state index in [1.807, 2.05) is 0 Å². The summed E-state index contributed by atoms with van der Waals surface area (Å²) < 4.78 is 6.79. The highest BCUT2D eigenvalue weighted by atomic mass is 16.5. The Hall–Kier alpha value is -3.36. The minimum Gasteiger partial charge on any atom is -0.344 e. The number of benzene rings is 4. The molecule has 0 bridgehead atoms. The Morgan fingerprint density at radius 2 is 0.931 bits per heavy atom. The maximum absolute atomic E-state index is 6.79. The van der Waals surface area contributed by atoms with Crippen molar-refractivity contribution in [2.24, 2.45) is 0 Å². The molecule has 29 heavy (non-hydrogen) atoms. The van der Waals surface area contributed by atoms with Crippen LogP contribution >= 0.6 is 0 Å². The second kappa shape index (κ2) is 7.94. The van der Waals surface area contributed by atoms with E-state index in [1.165, 1.54) is 11.1 Å². The average Bonchev–Trinajstić information content (AvgIpc) is 3.22. The third-order valence-electron chi connectivity index (χ3n) is 5.52. The van der Waals surface area contributed by atoms with E-state index in [0.717, 1.165) is 11.3 Å². The van der Waals surface area contributed by atoms with Crippen LogP contribution in [0.4, 0.5) is 5.69 Å². The Bertz CT molecular complexity index is 948. The molecule has 0 N–H and O–H groups in total. The van der Waals surface area contributed by atoms with Crippen molar-refractivity contribution in [2.75, 3.05) is 4.90 Å². The highest BCUT2D eigenvalue weighted by Crippen LogP contribution is 2.52. The molecule has 0 unspecified atom stereocenters. The molecule has 1 aliphatic heterocycles. The molecule has 5 rings (SSSR count). The maximum Gasteiger partial charge on any atom is 0.158 e. The summed E-state index contributed by atoms with van der Waals surface area (Å²) in [5, 5.41) is 0. The Balaban J connectivity index is 1.69. The van der Waals surface area contributed by atoms with E-state index >= 15 is 0 Å². The molecule has 0 saturated carbocycles. The van der Waals surface area contributed by atoms with Crippen LogP contribution in [0.15, 0.2) is 121 Å². The molecule has 0 amide bonds. The lowest BCUT2D eigenvalue weighted by Gasteiger charge is -2.31. The fraction of sp³-hybridized carbons (Fsp3) is 0.111. The number of para-hydroxylation sites is 1. The van der Waals surface area contributed by atoms with Gasteiger partial charge in [-0.15, -0.1) is 0 Å². The molecule has 0 spiro atoms. The summed E-state index contributed by atoms with van der Waals surface area (Å²) in [4.78, 5) is 2.42. The van der Waals surface area contributed by atoms with Gasteiger partial charge in [-0.1, -0.05) is 109 Å². The minimum absolute atomic E-state index is 0.0657. The SMILES string of the molecule is c1ccc([C@H]2O[C@@H](c3ccccc3)[C@H](c3ccccc3)N2c2ccccc2)cc1. The standard InChI is InChI=1S/C27H23NO/c1-5-13-21(14-6-1)25-26(22-15-7-2-8-16-22)29-27(23-17-9-3-10-18-23)28(25)24-19-11-4-12-20-24/h1-20,25-27H/t25-,26-,27+/m0/s1. The third-order valence-corrected chi connectivity index (χ3v) is 5.52. The molecular weight excluding hydrogens is 354 g/mol. The van der Waals surface area contributed by atoms with Gasteiger partial charge in [-0.2, -0.15) is 0 Å². The van der Waals surface area contributed by atoms with E-state index in [4.69, 9.17) is 4.74 Å². The van der Waals surface area contributed by atoms with E-state index in [-0.39, 0.29) is 18.4 Å². The van der Waals surface area contributed by atoms with Gasteiger partial charge in [-0.25, -0.2) is 0 Å². The Morgan fingerprint density at radius 1 is 0.483 bits per heavy atom. The van der Waals surface area contributed by atoms with Crippen molar-refractivity contribution in [3.05, 3.63) is 138 Å². The van der Waals surface area contributed by atoms with E-state index in [0.29, 0.717) is 0 Å². The zero-order valence-corrected chi connectivity index (χ0v) is 16.1. The quantitative estimate of drug-likeness (QED) is 0.392. The molecule has 2 heteroatoms. The van der Waals surface area contributed by atoms with Crippen molar-refractivity contribution in [1.29, 1.82) is 0 Å². The van der Waals surface area contributed by atoms with Crippen molar-refractivity contribution in [3.63, 3.8) is 0 Å². The summed E-state index contributed by atoms with van der Waals surface area (Å²) in [6.07, 6.45) is -0.224. The van der Waals surface area contributed by atoms with Crippen LogP contribution in [0.2, 0.25) is 0 Å². The highest BCUT2D eigenvalue weighted by Gasteiger charge is 2.44. The van der Waals surface area contributed by atoms with Crippen LogP contribution in [0.25, 0.3) is 0 Å². The van der Waals surface area contributed by atoms with Gasteiger partial charge >= 0.3 is 0 Å². The van der Waals surface area contributed by atoms with Crippen molar-refractivity contribution in [3.8, 4) is 0 Å². The number of nitrogens with zero attached hydrogens (tertiary/aromatic N) is 1. The summed E-state index contributed by atoms with van der Waals surface area (Å²) in [5.41, 5.74) is 4.77.